The molecule has 1 atom stereocenters. The third-order valence-electron chi connectivity index (χ3n) is 6.40. The van der Waals surface area contributed by atoms with Crippen LogP contribution >= 0.6 is 11.3 Å². The zero-order valence-electron chi connectivity index (χ0n) is 16.4. The highest BCUT2D eigenvalue weighted by Gasteiger charge is 2.38. The number of anilines is 1. The summed E-state index contributed by atoms with van der Waals surface area (Å²) in [5, 5.41) is 1.08. The Morgan fingerprint density at radius 3 is 2.63 bits per heavy atom. The third kappa shape index (κ3) is 2.78. The minimum Gasteiger partial charge on any atom is -0.348 e. The average molecular weight is 417 g/mol. The summed E-state index contributed by atoms with van der Waals surface area (Å²) in [5.74, 6) is 0.289. The van der Waals surface area contributed by atoms with Gasteiger partial charge in [-0.05, 0) is 30.4 Å². The number of imidazole rings is 1. The maximum atomic E-state index is 14.8. The highest BCUT2D eigenvalue weighted by Crippen LogP contribution is 2.47. The first kappa shape index (κ1) is 17.8. The molecule has 0 spiro atoms. The fourth-order valence-corrected chi connectivity index (χ4v) is 5.92. The fourth-order valence-electron chi connectivity index (χ4n) is 4.95. The molecular formula is C24H21FN4S. The topological polar surface area (TPSA) is 34.0 Å². The Morgan fingerprint density at radius 2 is 1.80 bits per heavy atom. The molecule has 4 nitrogen and oxygen atoms in total. The molecule has 0 saturated carbocycles. The second-order valence-corrected chi connectivity index (χ2v) is 9.04. The maximum absolute atomic E-state index is 14.8. The number of aromatic nitrogens is 3. The lowest BCUT2D eigenvalue weighted by Gasteiger charge is -2.35. The van der Waals surface area contributed by atoms with Crippen molar-refractivity contribution in [3.8, 4) is 21.7 Å². The molecule has 150 valence electrons. The van der Waals surface area contributed by atoms with Gasteiger partial charge in [0.2, 0.25) is 0 Å². The average Bonchev–Trinajstić information content (AvgIpc) is 3.51. The summed E-state index contributed by atoms with van der Waals surface area (Å²) >= 11 is 1.75. The van der Waals surface area contributed by atoms with Gasteiger partial charge in [-0.15, -0.1) is 0 Å². The summed E-state index contributed by atoms with van der Waals surface area (Å²) < 4.78 is 17.0. The van der Waals surface area contributed by atoms with Gasteiger partial charge in [-0.3, -0.25) is 0 Å². The second-order valence-electron chi connectivity index (χ2n) is 8.03. The second kappa shape index (κ2) is 7.06. The summed E-state index contributed by atoms with van der Waals surface area (Å²) in [7, 11) is 0. The molecule has 6 rings (SSSR count). The van der Waals surface area contributed by atoms with Crippen molar-refractivity contribution >= 4 is 16.5 Å². The predicted octanol–water partition coefficient (Wildman–Crippen LogP) is 5.63. The SMILES string of the molecule is Fc1cccc2c1C(C1CCN(c3ncc(-c4ccccc4)s3)CC1)n1cncc1-2. The zero-order chi connectivity index (χ0) is 20.1. The van der Waals surface area contributed by atoms with Crippen LogP contribution in [0.1, 0.15) is 24.4 Å². The molecule has 2 aromatic heterocycles. The van der Waals surface area contributed by atoms with Gasteiger partial charge in [0.05, 0.1) is 29.1 Å². The van der Waals surface area contributed by atoms with Gasteiger partial charge in [0, 0.05) is 30.4 Å². The molecule has 2 aliphatic heterocycles. The van der Waals surface area contributed by atoms with E-state index in [0.29, 0.717) is 5.92 Å². The Kier molecular flexibility index (Phi) is 4.20. The quantitative estimate of drug-likeness (QED) is 0.434. The third-order valence-corrected chi connectivity index (χ3v) is 7.51. The highest BCUT2D eigenvalue weighted by molar-refractivity contribution is 7.18. The largest absolute Gasteiger partial charge is 0.348 e. The minimum absolute atomic E-state index is 0.0389. The van der Waals surface area contributed by atoms with E-state index in [1.54, 1.807) is 23.5 Å². The number of benzene rings is 2. The van der Waals surface area contributed by atoms with Crippen molar-refractivity contribution in [1.82, 2.24) is 14.5 Å². The smallest absolute Gasteiger partial charge is 0.185 e. The van der Waals surface area contributed by atoms with E-state index in [-0.39, 0.29) is 11.9 Å². The number of halogens is 1. The molecule has 4 heterocycles. The van der Waals surface area contributed by atoms with Crippen molar-refractivity contribution in [2.75, 3.05) is 18.0 Å². The van der Waals surface area contributed by atoms with Crippen LogP contribution in [0.15, 0.2) is 67.3 Å². The van der Waals surface area contributed by atoms with Crippen LogP contribution in [0.3, 0.4) is 0 Å². The normalized spacial score (nSPS) is 18.4. The first-order valence-electron chi connectivity index (χ1n) is 10.4. The molecule has 1 unspecified atom stereocenters. The van der Waals surface area contributed by atoms with Gasteiger partial charge in [-0.2, -0.15) is 0 Å². The predicted molar refractivity (Wildman–Crippen MR) is 118 cm³/mol. The molecule has 0 bridgehead atoms. The Morgan fingerprint density at radius 1 is 0.967 bits per heavy atom. The summed E-state index contributed by atoms with van der Waals surface area (Å²) in [6, 6.07) is 15.8. The maximum Gasteiger partial charge on any atom is 0.185 e. The lowest BCUT2D eigenvalue weighted by atomic mass is 9.85. The van der Waals surface area contributed by atoms with Gasteiger partial charge in [-0.1, -0.05) is 53.8 Å². The van der Waals surface area contributed by atoms with E-state index in [2.05, 4.69) is 43.7 Å². The van der Waals surface area contributed by atoms with E-state index in [0.717, 1.165) is 47.9 Å². The van der Waals surface area contributed by atoms with Gasteiger partial charge < -0.3 is 9.47 Å². The Balaban J connectivity index is 1.23. The van der Waals surface area contributed by atoms with Crippen LogP contribution in [0.4, 0.5) is 9.52 Å². The van der Waals surface area contributed by atoms with Gasteiger partial charge in [0.1, 0.15) is 5.82 Å². The number of hydrogen-bond donors (Lipinski definition) is 0. The summed E-state index contributed by atoms with van der Waals surface area (Å²) in [4.78, 5) is 12.6. The highest BCUT2D eigenvalue weighted by atomic mass is 32.1. The van der Waals surface area contributed by atoms with Crippen LogP contribution < -0.4 is 4.90 Å². The van der Waals surface area contributed by atoms with E-state index in [4.69, 9.17) is 0 Å². The van der Waals surface area contributed by atoms with Crippen molar-refractivity contribution in [2.24, 2.45) is 5.92 Å². The summed E-state index contributed by atoms with van der Waals surface area (Å²) in [6.07, 6.45) is 7.71. The number of nitrogens with zero attached hydrogens (tertiary/aromatic N) is 4. The molecule has 1 fully saturated rings. The van der Waals surface area contributed by atoms with Crippen LogP contribution in [-0.4, -0.2) is 27.6 Å². The first-order valence-corrected chi connectivity index (χ1v) is 11.2. The first-order chi connectivity index (χ1) is 14.8. The van der Waals surface area contributed by atoms with Gasteiger partial charge in [-0.25, -0.2) is 14.4 Å². The number of fused-ring (bicyclic) bond motifs is 3. The van der Waals surface area contributed by atoms with E-state index in [9.17, 15) is 4.39 Å². The van der Waals surface area contributed by atoms with Crippen molar-refractivity contribution < 1.29 is 4.39 Å². The zero-order valence-corrected chi connectivity index (χ0v) is 17.2. The van der Waals surface area contributed by atoms with Crippen LogP contribution in [0.5, 0.6) is 0 Å². The van der Waals surface area contributed by atoms with Crippen LogP contribution in [0.25, 0.3) is 21.7 Å². The van der Waals surface area contributed by atoms with Crippen molar-refractivity contribution in [1.29, 1.82) is 0 Å². The van der Waals surface area contributed by atoms with Crippen LogP contribution in [-0.2, 0) is 0 Å². The van der Waals surface area contributed by atoms with E-state index >= 15 is 0 Å². The Hall–Kier alpha value is -2.99. The molecule has 0 amide bonds. The Bertz CT molecular complexity index is 1190. The molecule has 30 heavy (non-hydrogen) atoms. The fraction of sp³-hybridized carbons (Fsp3) is 0.250. The molecule has 2 aliphatic rings. The molecule has 0 aliphatic carbocycles. The lowest BCUT2D eigenvalue weighted by molar-refractivity contribution is 0.312. The molecule has 0 N–H and O–H groups in total. The standard InChI is InChI=1S/C24H21FN4S/c25-19-8-4-7-18-20-13-26-15-29(20)23(22(18)19)17-9-11-28(12-10-17)24-27-14-21(30-24)16-5-2-1-3-6-16/h1-8,13-15,17,23H,9-12H2. The number of hydrogen-bond acceptors (Lipinski definition) is 4. The molecule has 1 saturated heterocycles. The molecule has 0 radical (unpaired) electrons. The van der Waals surface area contributed by atoms with Gasteiger partial charge in [0.15, 0.2) is 5.13 Å². The van der Waals surface area contributed by atoms with Crippen molar-refractivity contribution in [3.05, 3.63) is 78.6 Å². The molecular weight excluding hydrogens is 395 g/mol. The van der Waals surface area contributed by atoms with Gasteiger partial charge in [0.25, 0.3) is 0 Å². The van der Waals surface area contributed by atoms with E-state index in [1.807, 2.05) is 30.9 Å². The van der Waals surface area contributed by atoms with Crippen molar-refractivity contribution in [3.63, 3.8) is 0 Å². The van der Waals surface area contributed by atoms with Crippen molar-refractivity contribution in [2.45, 2.75) is 18.9 Å². The van der Waals surface area contributed by atoms with E-state index in [1.165, 1.54) is 10.4 Å². The van der Waals surface area contributed by atoms with Gasteiger partial charge >= 0.3 is 0 Å². The summed E-state index contributed by atoms with van der Waals surface area (Å²) in [6.45, 7) is 1.88. The monoisotopic (exact) mass is 416 g/mol. The molecule has 4 aromatic rings. The molecule has 2 aromatic carbocycles. The Labute approximate surface area is 178 Å². The van der Waals surface area contributed by atoms with Crippen LogP contribution in [0, 0.1) is 11.7 Å². The lowest BCUT2D eigenvalue weighted by Crippen LogP contribution is -2.36. The van der Waals surface area contributed by atoms with E-state index < -0.39 is 0 Å². The molecule has 6 heteroatoms. The number of rotatable bonds is 3. The number of piperidine rings is 1. The number of thiazole rings is 1. The minimum atomic E-state index is -0.101. The van der Waals surface area contributed by atoms with Crippen LogP contribution in [0.2, 0.25) is 0 Å². The summed E-state index contributed by atoms with van der Waals surface area (Å²) in [5.41, 5.74) is 4.08.